The fraction of sp³-hybridized carbons (Fsp3) is 0.0588. The summed E-state index contributed by atoms with van der Waals surface area (Å²) in [6.45, 7) is 0. The predicted molar refractivity (Wildman–Crippen MR) is 91.2 cm³/mol. The standard InChI is InChI=1S/C17H15N5O2/c23-15-9-5-4-8-13(15)11-18-21-17-19-16(24)14(20-22-17)10-12-6-2-1-3-7-12/h1-9,11,23H,10H2,(H2,19,21,22,24). The number of H-pyrrole nitrogens is 1. The Morgan fingerprint density at radius 2 is 1.83 bits per heavy atom. The van der Waals surface area contributed by atoms with E-state index in [0.717, 1.165) is 5.56 Å². The third kappa shape index (κ3) is 3.83. The van der Waals surface area contributed by atoms with Gasteiger partial charge in [0.15, 0.2) is 0 Å². The molecule has 0 saturated carbocycles. The van der Waals surface area contributed by atoms with Gasteiger partial charge in [-0.2, -0.15) is 5.10 Å². The molecule has 1 heterocycles. The fourth-order valence-electron chi connectivity index (χ4n) is 2.08. The molecule has 7 nitrogen and oxygen atoms in total. The van der Waals surface area contributed by atoms with Crippen LogP contribution in [0.4, 0.5) is 5.95 Å². The van der Waals surface area contributed by atoms with Crippen LogP contribution in [-0.2, 0) is 6.42 Å². The van der Waals surface area contributed by atoms with Crippen LogP contribution >= 0.6 is 0 Å². The largest absolute Gasteiger partial charge is 0.507 e. The zero-order chi connectivity index (χ0) is 16.8. The average molecular weight is 321 g/mol. The van der Waals surface area contributed by atoms with Crippen LogP contribution in [0, 0.1) is 0 Å². The molecule has 120 valence electrons. The Kier molecular flexibility index (Phi) is 4.62. The monoisotopic (exact) mass is 321 g/mol. The highest BCUT2D eigenvalue weighted by Crippen LogP contribution is 2.12. The lowest BCUT2D eigenvalue weighted by Gasteiger charge is -2.02. The van der Waals surface area contributed by atoms with Gasteiger partial charge in [0.05, 0.1) is 6.21 Å². The second kappa shape index (κ2) is 7.19. The highest BCUT2D eigenvalue weighted by molar-refractivity contribution is 5.83. The minimum Gasteiger partial charge on any atom is -0.507 e. The van der Waals surface area contributed by atoms with Crippen molar-refractivity contribution in [2.45, 2.75) is 6.42 Å². The number of para-hydroxylation sites is 1. The van der Waals surface area contributed by atoms with E-state index in [4.69, 9.17) is 0 Å². The summed E-state index contributed by atoms with van der Waals surface area (Å²) in [6, 6.07) is 16.3. The molecule has 0 saturated heterocycles. The van der Waals surface area contributed by atoms with Crippen LogP contribution in [-0.4, -0.2) is 26.5 Å². The van der Waals surface area contributed by atoms with Crippen molar-refractivity contribution in [2.24, 2.45) is 5.10 Å². The topological polar surface area (TPSA) is 103 Å². The molecule has 0 atom stereocenters. The van der Waals surface area contributed by atoms with Crippen LogP contribution in [0.5, 0.6) is 5.75 Å². The van der Waals surface area contributed by atoms with Gasteiger partial charge in [0.25, 0.3) is 5.56 Å². The number of hydrogen-bond donors (Lipinski definition) is 3. The predicted octanol–water partition coefficient (Wildman–Crippen LogP) is 1.91. The van der Waals surface area contributed by atoms with Crippen LogP contribution in [0.25, 0.3) is 0 Å². The number of phenolic OH excluding ortho intramolecular Hbond substituents is 1. The van der Waals surface area contributed by atoms with Gasteiger partial charge in [-0.15, -0.1) is 10.2 Å². The molecule has 0 aliphatic carbocycles. The number of hydrogen-bond acceptors (Lipinski definition) is 6. The summed E-state index contributed by atoms with van der Waals surface area (Å²) >= 11 is 0. The zero-order valence-corrected chi connectivity index (χ0v) is 12.7. The van der Waals surface area contributed by atoms with Gasteiger partial charge in [0.2, 0.25) is 5.95 Å². The molecule has 3 aromatic rings. The van der Waals surface area contributed by atoms with Crippen molar-refractivity contribution in [1.82, 2.24) is 15.2 Å². The number of nitrogens with zero attached hydrogens (tertiary/aromatic N) is 3. The zero-order valence-electron chi connectivity index (χ0n) is 12.7. The van der Waals surface area contributed by atoms with Gasteiger partial charge >= 0.3 is 0 Å². The molecule has 0 unspecified atom stereocenters. The van der Waals surface area contributed by atoms with E-state index >= 15 is 0 Å². The molecule has 1 aromatic heterocycles. The summed E-state index contributed by atoms with van der Waals surface area (Å²) in [5, 5.41) is 21.4. The number of anilines is 1. The summed E-state index contributed by atoms with van der Waals surface area (Å²) in [5.74, 6) is 0.240. The minimum atomic E-state index is -0.325. The second-order valence-corrected chi connectivity index (χ2v) is 5.04. The SMILES string of the molecule is O=c1[nH]c(NN=Cc2ccccc2O)nnc1Cc1ccccc1. The lowest BCUT2D eigenvalue weighted by Crippen LogP contribution is -2.18. The molecule has 0 spiro atoms. The first-order valence-corrected chi connectivity index (χ1v) is 7.29. The molecule has 24 heavy (non-hydrogen) atoms. The average Bonchev–Trinajstić information content (AvgIpc) is 2.60. The molecule has 3 N–H and O–H groups in total. The number of rotatable bonds is 5. The van der Waals surface area contributed by atoms with Crippen molar-refractivity contribution >= 4 is 12.2 Å². The highest BCUT2D eigenvalue weighted by atomic mass is 16.3. The molecule has 0 amide bonds. The fourth-order valence-corrected chi connectivity index (χ4v) is 2.08. The van der Waals surface area contributed by atoms with E-state index in [0.29, 0.717) is 17.7 Å². The first-order chi connectivity index (χ1) is 11.7. The van der Waals surface area contributed by atoms with Gasteiger partial charge in [-0.25, -0.2) is 5.43 Å². The summed E-state index contributed by atoms with van der Waals surface area (Å²) in [6.07, 6.45) is 1.83. The lowest BCUT2D eigenvalue weighted by atomic mass is 10.1. The van der Waals surface area contributed by atoms with Crippen LogP contribution < -0.4 is 11.0 Å². The smallest absolute Gasteiger partial charge is 0.274 e. The second-order valence-electron chi connectivity index (χ2n) is 5.04. The molecule has 0 bridgehead atoms. The van der Waals surface area contributed by atoms with E-state index in [-0.39, 0.29) is 17.3 Å². The van der Waals surface area contributed by atoms with Crippen LogP contribution in [0.3, 0.4) is 0 Å². The van der Waals surface area contributed by atoms with Gasteiger partial charge in [0, 0.05) is 12.0 Å². The summed E-state index contributed by atoms with van der Waals surface area (Å²) in [4.78, 5) is 14.6. The molecule has 0 radical (unpaired) electrons. The van der Waals surface area contributed by atoms with Gasteiger partial charge in [0.1, 0.15) is 11.4 Å². The number of hydrazone groups is 1. The molecule has 0 aliphatic heterocycles. The van der Waals surface area contributed by atoms with E-state index < -0.39 is 0 Å². The number of aromatic hydroxyl groups is 1. The maximum Gasteiger partial charge on any atom is 0.274 e. The number of phenols is 1. The van der Waals surface area contributed by atoms with E-state index in [2.05, 4.69) is 25.7 Å². The Labute approximate surface area is 137 Å². The van der Waals surface area contributed by atoms with Crippen molar-refractivity contribution in [3.63, 3.8) is 0 Å². The number of nitrogens with one attached hydrogen (secondary N) is 2. The van der Waals surface area contributed by atoms with Crippen molar-refractivity contribution in [1.29, 1.82) is 0 Å². The summed E-state index contributed by atoms with van der Waals surface area (Å²) in [7, 11) is 0. The van der Waals surface area contributed by atoms with Crippen molar-refractivity contribution in [2.75, 3.05) is 5.43 Å². The molecule has 2 aromatic carbocycles. The molecule has 3 rings (SSSR count). The van der Waals surface area contributed by atoms with Gasteiger partial charge < -0.3 is 5.11 Å². The van der Waals surface area contributed by atoms with Gasteiger partial charge in [-0.05, 0) is 17.7 Å². The quantitative estimate of drug-likeness (QED) is 0.492. The van der Waals surface area contributed by atoms with Crippen molar-refractivity contribution < 1.29 is 5.11 Å². The van der Waals surface area contributed by atoms with E-state index in [9.17, 15) is 9.90 Å². The molecule has 0 fully saturated rings. The maximum absolute atomic E-state index is 12.0. The Morgan fingerprint density at radius 3 is 2.58 bits per heavy atom. The molecule has 0 aliphatic rings. The number of aromatic nitrogens is 3. The summed E-state index contributed by atoms with van der Waals surface area (Å²) < 4.78 is 0. The summed E-state index contributed by atoms with van der Waals surface area (Å²) in [5.41, 5.74) is 4.11. The van der Waals surface area contributed by atoms with Gasteiger partial charge in [-0.3, -0.25) is 9.78 Å². The number of aromatic amines is 1. The minimum absolute atomic E-state index is 0.112. The van der Waals surface area contributed by atoms with Gasteiger partial charge in [-0.1, -0.05) is 42.5 Å². The Hall–Kier alpha value is -3.48. The van der Waals surface area contributed by atoms with Crippen LogP contribution in [0.2, 0.25) is 0 Å². The van der Waals surface area contributed by atoms with E-state index in [1.54, 1.807) is 24.3 Å². The highest BCUT2D eigenvalue weighted by Gasteiger charge is 2.05. The molecular weight excluding hydrogens is 306 g/mol. The third-order valence-corrected chi connectivity index (χ3v) is 3.29. The number of benzene rings is 2. The van der Waals surface area contributed by atoms with Crippen molar-refractivity contribution in [3.8, 4) is 5.75 Å². The first kappa shape index (κ1) is 15.4. The molecular formula is C17H15N5O2. The van der Waals surface area contributed by atoms with Crippen LogP contribution in [0.1, 0.15) is 16.8 Å². The van der Waals surface area contributed by atoms with Crippen LogP contribution in [0.15, 0.2) is 64.5 Å². The van der Waals surface area contributed by atoms with E-state index in [1.807, 2.05) is 30.3 Å². The lowest BCUT2D eigenvalue weighted by molar-refractivity contribution is 0.474. The maximum atomic E-state index is 12.0. The van der Waals surface area contributed by atoms with Crippen molar-refractivity contribution in [3.05, 3.63) is 81.8 Å². The first-order valence-electron chi connectivity index (χ1n) is 7.29. The molecule has 7 heteroatoms. The third-order valence-electron chi connectivity index (χ3n) is 3.29. The Morgan fingerprint density at radius 1 is 1.08 bits per heavy atom. The van der Waals surface area contributed by atoms with E-state index in [1.165, 1.54) is 6.21 Å². The normalized spacial score (nSPS) is 10.8. The Bertz CT molecular complexity index is 906. The Balaban J connectivity index is 1.69.